The molecule has 3 atom stereocenters. The highest BCUT2D eigenvalue weighted by molar-refractivity contribution is 6.10. The van der Waals surface area contributed by atoms with Crippen molar-refractivity contribution in [1.82, 2.24) is 5.32 Å². The van der Waals surface area contributed by atoms with Gasteiger partial charge in [0.25, 0.3) is 0 Å². The first-order valence-corrected chi connectivity index (χ1v) is 11.9. The van der Waals surface area contributed by atoms with Crippen molar-refractivity contribution in [2.24, 2.45) is 0 Å². The highest BCUT2D eigenvalue weighted by Gasteiger charge is 2.20. The Morgan fingerprint density at radius 3 is 1.75 bits per heavy atom. The van der Waals surface area contributed by atoms with Crippen LogP contribution in [0.25, 0.3) is 0 Å². The second-order valence-electron chi connectivity index (χ2n) is 8.53. The molecule has 166 valence electrons. The van der Waals surface area contributed by atoms with Gasteiger partial charge in [-0.2, -0.15) is 0 Å². The van der Waals surface area contributed by atoms with Crippen LogP contribution in [-0.2, 0) is 14.3 Å². The third-order valence-corrected chi connectivity index (χ3v) is 5.23. The van der Waals surface area contributed by atoms with Gasteiger partial charge in [0.2, 0.25) is 5.91 Å². The van der Waals surface area contributed by atoms with Crippen LogP contribution in [0.4, 0.5) is 0 Å². The highest BCUT2D eigenvalue weighted by Crippen LogP contribution is 2.13. The lowest BCUT2D eigenvalue weighted by molar-refractivity contribution is -0.123. The molecule has 4 nitrogen and oxygen atoms in total. The van der Waals surface area contributed by atoms with E-state index < -0.39 is 0 Å². The third kappa shape index (κ3) is 17.5. The fourth-order valence-electron chi connectivity index (χ4n) is 3.54. The first-order chi connectivity index (χ1) is 13.5. The summed E-state index contributed by atoms with van der Waals surface area (Å²) in [5.41, 5.74) is 0. The Morgan fingerprint density at radius 2 is 1.32 bits per heavy atom. The Kier molecular flexibility index (Phi) is 19.4. The molecular formula is C23H48BNO3. The van der Waals surface area contributed by atoms with E-state index in [4.69, 9.17) is 9.47 Å². The van der Waals surface area contributed by atoms with Crippen LogP contribution in [0.15, 0.2) is 0 Å². The Balaban J connectivity index is 3.56. The van der Waals surface area contributed by atoms with Gasteiger partial charge < -0.3 is 14.8 Å². The smallest absolute Gasteiger partial charge is 0.220 e. The van der Waals surface area contributed by atoms with Crippen LogP contribution in [-0.4, -0.2) is 45.6 Å². The number of rotatable bonds is 20. The zero-order valence-electron chi connectivity index (χ0n) is 19.6. The summed E-state index contributed by atoms with van der Waals surface area (Å²) >= 11 is 0. The fourth-order valence-corrected chi connectivity index (χ4v) is 3.54. The summed E-state index contributed by atoms with van der Waals surface area (Å²) in [6.07, 6.45) is 17.7. The van der Waals surface area contributed by atoms with E-state index in [9.17, 15) is 4.79 Å². The van der Waals surface area contributed by atoms with Crippen molar-refractivity contribution in [2.75, 3.05) is 13.7 Å². The van der Waals surface area contributed by atoms with Gasteiger partial charge in [-0.05, 0) is 20.3 Å². The zero-order chi connectivity index (χ0) is 21.0. The lowest BCUT2D eigenvalue weighted by Crippen LogP contribution is -2.45. The van der Waals surface area contributed by atoms with Gasteiger partial charge in [-0.3, -0.25) is 4.79 Å². The summed E-state index contributed by atoms with van der Waals surface area (Å²) in [5.74, 6) is 0.129. The number of unbranched alkanes of at least 4 members (excludes halogenated alkanes) is 12. The van der Waals surface area contributed by atoms with Gasteiger partial charge in [0.1, 0.15) is 7.85 Å². The molecule has 0 aliphatic carbocycles. The molecule has 1 amide bonds. The minimum atomic E-state index is -0.0967. The maximum Gasteiger partial charge on any atom is 0.220 e. The molecular weight excluding hydrogens is 349 g/mol. The zero-order valence-corrected chi connectivity index (χ0v) is 19.6. The SMILES string of the molecule is BC(C)O[C@H](COC)C(C)NC(=O)CCCCCCCCCCCCCCC. The molecule has 0 heterocycles. The average molecular weight is 397 g/mol. The lowest BCUT2D eigenvalue weighted by atomic mass is 10.0. The van der Waals surface area contributed by atoms with E-state index in [-0.39, 0.29) is 24.1 Å². The molecule has 0 spiro atoms. The number of hydrogen-bond acceptors (Lipinski definition) is 3. The van der Waals surface area contributed by atoms with Crippen LogP contribution in [0.1, 0.15) is 111 Å². The van der Waals surface area contributed by atoms with Crippen LogP contribution in [0, 0.1) is 0 Å². The monoisotopic (exact) mass is 397 g/mol. The summed E-state index contributed by atoms with van der Waals surface area (Å²) < 4.78 is 11.0. The molecule has 0 aromatic heterocycles. The Labute approximate surface area is 176 Å². The number of methoxy groups -OCH3 is 1. The molecule has 0 radical (unpaired) electrons. The molecule has 0 aromatic carbocycles. The van der Waals surface area contributed by atoms with E-state index in [1.54, 1.807) is 7.11 Å². The van der Waals surface area contributed by atoms with Gasteiger partial charge in [-0.25, -0.2) is 0 Å². The molecule has 0 aliphatic rings. The van der Waals surface area contributed by atoms with E-state index in [1.165, 1.54) is 70.6 Å². The minimum Gasteiger partial charge on any atom is -0.382 e. The number of ether oxygens (including phenoxy) is 2. The predicted octanol–water partition coefficient (Wildman–Crippen LogP) is 4.98. The highest BCUT2D eigenvalue weighted by atomic mass is 16.5. The summed E-state index contributed by atoms with van der Waals surface area (Å²) in [4.78, 5) is 12.1. The second kappa shape index (κ2) is 19.8. The van der Waals surface area contributed by atoms with Crippen molar-refractivity contribution >= 4 is 13.8 Å². The van der Waals surface area contributed by atoms with E-state index in [2.05, 4.69) is 12.2 Å². The molecule has 1 N–H and O–H groups in total. The largest absolute Gasteiger partial charge is 0.382 e. The Bertz CT molecular complexity index is 353. The van der Waals surface area contributed by atoms with Gasteiger partial charge in [0.15, 0.2) is 0 Å². The summed E-state index contributed by atoms with van der Waals surface area (Å²) in [7, 11) is 3.67. The fraction of sp³-hybridized carbons (Fsp3) is 0.957. The van der Waals surface area contributed by atoms with E-state index >= 15 is 0 Å². The molecule has 0 bridgehead atoms. The van der Waals surface area contributed by atoms with Gasteiger partial charge in [0.05, 0.1) is 18.8 Å². The molecule has 2 unspecified atom stereocenters. The number of amides is 1. The van der Waals surface area contributed by atoms with Crippen molar-refractivity contribution in [1.29, 1.82) is 0 Å². The molecule has 5 heteroatoms. The number of carbonyl (C=O) groups is 1. The maximum atomic E-state index is 12.1. The van der Waals surface area contributed by atoms with Crippen molar-refractivity contribution in [2.45, 2.75) is 129 Å². The van der Waals surface area contributed by atoms with Gasteiger partial charge in [0, 0.05) is 19.5 Å². The lowest BCUT2D eigenvalue weighted by Gasteiger charge is -2.26. The topological polar surface area (TPSA) is 47.6 Å². The number of nitrogens with one attached hydrogen (secondary N) is 1. The maximum absolute atomic E-state index is 12.1. The average Bonchev–Trinajstić information content (AvgIpc) is 2.64. The third-order valence-electron chi connectivity index (χ3n) is 5.23. The molecule has 0 aliphatic heterocycles. The molecule has 0 rings (SSSR count). The Hall–Kier alpha value is -0.545. The van der Waals surface area contributed by atoms with Crippen LogP contribution in [0.3, 0.4) is 0 Å². The van der Waals surface area contributed by atoms with Crippen LogP contribution in [0.2, 0.25) is 0 Å². The van der Waals surface area contributed by atoms with Gasteiger partial charge >= 0.3 is 0 Å². The summed E-state index contributed by atoms with van der Waals surface area (Å²) in [6.45, 7) is 6.77. The van der Waals surface area contributed by atoms with E-state index in [0.717, 1.165) is 12.8 Å². The molecule has 28 heavy (non-hydrogen) atoms. The van der Waals surface area contributed by atoms with Crippen molar-refractivity contribution in [3.05, 3.63) is 0 Å². The molecule has 0 fully saturated rings. The van der Waals surface area contributed by atoms with Gasteiger partial charge in [-0.15, -0.1) is 0 Å². The molecule has 0 saturated heterocycles. The van der Waals surface area contributed by atoms with Crippen molar-refractivity contribution < 1.29 is 14.3 Å². The van der Waals surface area contributed by atoms with Crippen LogP contribution < -0.4 is 5.32 Å². The normalized spacial score (nSPS) is 14.6. The predicted molar refractivity (Wildman–Crippen MR) is 123 cm³/mol. The van der Waals surface area contributed by atoms with Gasteiger partial charge in [-0.1, -0.05) is 84.0 Å². The number of carbonyl (C=O) groups excluding carboxylic acids is 1. The Morgan fingerprint density at radius 1 is 0.857 bits per heavy atom. The standard InChI is InChI=1S/C23H48BNO3/c1-5-6-7-8-9-10-11-12-13-14-15-16-17-18-23(26)25-20(2)22(19-27-4)28-21(3)24/h20-22H,5-19,24H2,1-4H3,(H,25,26)/t20?,21?,22-/m1/s1. The second-order valence-corrected chi connectivity index (χ2v) is 8.53. The number of hydrogen-bond donors (Lipinski definition) is 1. The minimum absolute atomic E-state index is 0.0307. The van der Waals surface area contributed by atoms with E-state index in [1.807, 2.05) is 21.7 Å². The van der Waals surface area contributed by atoms with Crippen molar-refractivity contribution in [3.63, 3.8) is 0 Å². The van der Waals surface area contributed by atoms with Crippen molar-refractivity contribution in [3.8, 4) is 0 Å². The van der Waals surface area contributed by atoms with E-state index in [0.29, 0.717) is 13.0 Å². The molecule has 0 saturated carbocycles. The van der Waals surface area contributed by atoms with Crippen LogP contribution >= 0.6 is 0 Å². The summed E-state index contributed by atoms with van der Waals surface area (Å²) in [6, 6.07) is 0.0948. The molecule has 0 aromatic rings. The quantitative estimate of drug-likeness (QED) is 0.233. The summed E-state index contributed by atoms with van der Waals surface area (Å²) in [5, 5.41) is 3.07. The van der Waals surface area contributed by atoms with Crippen LogP contribution in [0.5, 0.6) is 0 Å². The first kappa shape index (κ1) is 27.5. The first-order valence-electron chi connectivity index (χ1n) is 11.9.